The molecule has 0 fully saturated rings. The molecule has 0 radical (unpaired) electrons. The highest BCUT2D eigenvalue weighted by Crippen LogP contribution is 2.27. The number of methoxy groups -OCH3 is 1. The summed E-state index contributed by atoms with van der Waals surface area (Å²) in [5.74, 6) is 1.39. The van der Waals surface area contributed by atoms with E-state index < -0.39 is 0 Å². The Bertz CT molecular complexity index is 979. The zero-order valence-electron chi connectivity index (χ0n) is 15.1. The first kappa shape index (κ1) is 18.9. The van der Waals surface area contributed by atoms with E-state index in [2.05, 4.69) is 21.0 Å². The van der Waals surface area contributed by atoms with Gasteiger partial charge in [-0.3, -0.25) is 9.48 Å². The number of carbonyl (C=O) groups excluding carboxylic acids is 1. The number of halogens is 1. The lowest BCUT2D eigenvalue weighted by Crippen LogP contribution is -2.03. The van der Waals surface area contributed by atoms with Crippen molar-refractivity contribution in [3.05, 3.63) is 82.1 Å². The first-order chi connectivity index (χ1) is 13.1. The van der Waals surface area contributed by atoms with Crippen molar-refractivity contribution in [2.45, 2.75) is 6.61 Å². The van der Waals surface area contributed by atoms with Gasteiger partial charge < -0.3 is 9.47 Å². The number of carbonyl (C=O) groups is 1. The molecule has 138 valence electrons. The zero-order valence-corrected chi connectivity index (χ0v) is 16.6. The van der Waals surface area contributed by atoms with Crippen molar-refractivity contribution < 1.29 is 14.3 Å². The van der Waals surface area contributed by atoms with E-state index >= 15 is 0 Å². The molecule has 3 aromatic rings. The van der Waals surface area contributed by atoms with Crippen molar-refractivity contribution in [1.82, 2.24) is 9.78 Å². The van der Waals surface area contributed by atoms with Crippen LogP contribution in [-0.4, -0.2) is 22.7 Å². The molecule has 0 N–H and O–H groups in total. The van der Waals surface area contributed by atoms with E-state index in [1.54, 1.807) is 37.2 Å². The van der Waals surface area contributed by atoms with Crippen molar-refractivity contribution in [3.8, 4) is 11.5 Å². The van der Waals surface area contributed by atoms with Crippen LogP contribution in [0.25, 0.3) is 6.08 Å². The number of aromatic nitrogens is 2. The highest BCUT2D eigenvalue weighted by Gasteiger charge is 2.08. The Kier molecular flexibility index (Phi) is 6.08. The lowest BCUT2D eigenvalue weighted by molar-refractivity contribution is 0.103. The standard InChI is InChI=1S/C21H19BrN2O3/c1-24-18(11-12-23-24)19(25)9-7-15-8-10-20(26-2)16(13-15)14-27-21-6-4-3-5-17(21)22/h3-13H,14H2,1-2H3/b9-7+. The van der Waals surface area contributed by atoms with Crippen LogP contribution in [0.3, 0.4) is 0 Å². The van der Waals surface area contributed by atoms with Crippen molar-refractivity contribution >= 4 is 27.8 Å². The zero-order chi connectivity index (χ0) is 19.2. The molecule has 0 amide bonds. The number of hydrogen-bond donors (Lipinski definition) is 0. The third-order valence-electron chi connectivity index (χ3n) is 4.02. The fourth-order valence-electron chi connectivity index (χ4n) is 2.61. The molecule has 3 rings (SSSR count). The van der Waals surface area contributed by atoms with Gasteiger partial charge in [0.1, 0.15) is 23.8 Å². The van der Waals surface area contributed by atoms with Gasteiger partial charge in [0.25, 0.3) is 0 Å². The van der Waals surface area contributed by atoms with Crippen LogP contribution in [0.1, 0.15) is 21.6 Å². The minimum Gasteiger partial charge on any atom is -0.496 e. The summed E-state index contributed by atoms with van der Waals surface area (Å²) in [7, 11) is 3.37. The largest absolute Gasteiger partial charge is 0.496 e. The number of benzene rings is 2. The van der Waals surface area contributed by atoms with Gasteiger partial charge in [-0.15, -0.1) is 0 Å². The number of rotatable bonds is 7. The number of ether oxygens (including phenoxy) is 2. The van der Waals surface area contributed by atoms with Gasteiger partial charge in [-0.2, -0.15) is 5.10 Å². The summed E-state index contributed by atoms with van der Waals surface area (Å²) >= 11 is 3.47. The fourth-order valence-corrected chi connectivity index (χ4v) is 3.00. The maximum atomic E-state index is 12.3. The Morgan fingerprint density at radius 2 is 2.00 bits per heavy atom. The molecule has 27 heavy (non-hydrogen) atoms. The van der Waals surface area contributed by atoms with Gasteiger partial charge in [0.05, 0.1) is 11.6 Å². The summed E-state index contributed by atoms with van der Waals surface area (Å²) in [6, 6.07) is 15.1. The molecule has 1 aromatic heterocycles. The molecule has 0 aliphatic heterocycles. The van der Waals surface area contributed by atoms with Crippen LogP contribution in [0.5, 0.6) is 11.5 Å². The molecule has 5 nitrogen and oxygen atoms in total. The first-order valence-electron chi connectivity index (χ1n) is 8.33. The smallest absolute Gasteiger partial charge is 0.203 e. The van der Waals surface area contributed by atoms with Crippen molar-refractivity contribution in [3.63, 3.8) is 0 Å². The van der Waals surface area contributed by atoms with Gasteiger partial charge in [-0.05, 0) is 57.9 Å². The highest BCUT2D eigenvalue weighted by molar-refractivity contribution is 9.10. The quantitative estimate of drug-likeness (QED) is 0.406. The number of para-hydroxylation sites is 1. The second-order valence-corrected chi connectivity index (χ2v) is 6.68. The van der Waals surface area contributed by atoms with E-state index in [1.165, 1.54) is 6.08 Å². The molecule has 0 saturated carbocycles. The Hall–Kier alpha value is -2.86. The third kappa shape index (κ3) is 4.65. The first-order valence-corrected chi connectivity index (χ1v) is 9.12. The lowest BCUT2D eigenvalue weighted by atomic mass is 10.1. The summed E-state index contributed by atoms with van der Waals surface area (Å²) in [6.07, 6.45) is 4.92. The Morgan fingerprint density at radius 1 is 1.19 bits per heavy atom. The highest BCUT2D eigenvalue weighted by atomic mass is 79.9. The second kappa shape index (κ2) is 8.68. The van der Waals surface area contributed by atoms with Crippen LogP contribution in [-0.2, 0) is 13.7 Å². The SMILES string of the molecule is COc1ccc(/C=C/C(=O)c2ccnn2C)cc1COc1ccccc1Br. The van der Waals surface area contributed by atoms with E-state index in [9.17, 15) is 4.79 Å². The lowest BCUT2D eigenvalue weighted by Gasteiger charge is -2.12. The molecule has 6 heteroatoms. The number of nitrogens with zero attached hydrogens (tertiary/aromatic N) is 2. The molecule has 1 heterocycles. The summed E-state index contributed by atoms with van der Waals surface area (Å²) in [5.41, 5.74) is 2.32. The molecular weight excluding hydrogens is 408 g/mol. The van der Waals surface area contributed by atoms with E-state index in [4.69, 9.17) is 9.47 Å². The average molecular weight is 427 g/mol. The van der Waals surface area contributed by atoms with E-state index in [0.717, 1.165) is 27.1 Å². The van der Waals surface area contributed by atoms with E-state index in [1.807, 2.05) is 42.5 Å². The predicted molar refractivity (Wildman–Crippen MR) is 108 cm³/mol. The van der Waals surface area contributed by atoms with Crippen LogP contribution in [0, 0.1) is 0 Å². The molecule has 0 spiro atoms. The molecule has 0 saturated heterocycles. The number of aryl methyl sites for hydroxylation is 1. The van der Waals surface area contributed by atoms with E-state index in [0.29, 0.717) is 12.3 Å². The molecule has 0 aliphatic rings. The van der Waals surface area contributed by atoms with Crippen molar-refractivity contribution in [2.75, 3.05) is 7.11 Å². The summed E-state index contributed by atoms with van der Waals surface area (Å²) in [6.45, 7) is 0.350. The summed E-state index contributed by atoms with van der Waals surface area (Å²) in [5, 5.41) is 4.01. The van der Waals surface area contributed by atoms with Gasteiger partial charge in [0.15, 0.2) is 0 Å². The minimum atomic E-state index is -0.100. The van der Waals surface area contributed by atoms with Crippen LogP contribution in [0.2, 0.25) is 0 Å². The topological polar surface area (TPSA) is 53.3 Å². The van der Waals surface area contributed by atoms with Gasteiger partial charge in [-0.1, -0.05) is 24.3 Å². The van der Waals surface area contributed by atoms with Gasteiger partial charge in [-0.25, -0.2) is 0 Å². The molecule has 0 unspecified atom stereocenters. The van der Waals surface area contributed by atoms with E-state index in [-0.39, 0.29) is 5.78 Å². The second-order valence-electron chi connectivity index (χ2n) is 5.83. The van der Waals surface area contributed by atoms with Crippen LogP contribution in [0.4, 0.5) is 0 Å². The minimum absolute atomic E-state index is 0.100. The fraction of sp³-hybridized carbons (Fsp3) is 0.143. The maximum Gasteiger partial charge on any atom is 0.203 e. The van der Waals surface area contributed by atoms with Gasteiger partial charge in [0, 0.05) is 18.8 Å². The molecular formula is C21H19BrN2O3. The third-order valence-corrected chi connectivity index (χ3v) is 4.68. The Balaban J connectivity index is 1.77. The number of ketones is 1. The molecule has 0 bridgehead atoms. The van der Waals surface area contributed by atoms with Crippen molar-refractivity contribution in [1.29, 1.82) is 0 Å². The number of hydrogen-bond acceptors (Lipinski definition) is 4. The van der Waals surface area contributed by atoms with Crippen LogP contribution in [0.15, 0.2) is 65.3 Å². The predicted octanol–water partition coefficient (Wildman–Crippen LogP) is 4.67. The van der Waals surface area contributed by atoms with Gasteiger partial charge >= 0.3 is 0 Å². The van der Waals surface area contributed by atoms with Crippen LogP contribution < -0.4 is 9.47 Å². The Labute approximate surface area is 166 Å². The molecule has 0 atom stereocenters. The van der Waals surface area contributed by atoms with Gasteiger partial charge in [0.2, 0.25) is 5.78 Å². The molecule has 0 aliphatic carbocycles. The van der Waals surface area contributed by atoms with Crippen LogP contribution >= 0.6 is 15.9 Å². The summed E-state index contributed by atoms with van der Waals surface area (Å²) in [4.78, 5) is 12.3. The Morgan fingerprint density at radius 3 is 2.70 bits per heavy atom. The average Bonchev–Trinajstić information content (AvgIpc) is 3.11. The number of allylic oxidation sites excluding steroid dienone is 1. The normalized spacial score (nSPS) is 10.9. The van der Waals surface area contributed by atoms with Crippen molar-refractivity contribution in [2.24, 2.45) is 7.05 Å². The molecule has 2 aromatic carbocycles. The maximum absolute atomic E-state index is 12.3. The summed E-state index contributed by atoms with van der Waals surface area (Å²) < 4.78 is 13.8. The monoisotopic (exact) mass is 426 g/mol.